The van der Waals surface area contributed by atoms with E-state index in [0.29, 0.717) is 10.8 Å². The van der Waals surface area contributed by atoms with Gasteiger partial charge in [-0.25, -0.2) is 0 Å². The van der Waals surface area contributed by atoms with Gasteiger partial charge in [0.05, 0.1) is 5.56 Å². The summed E-state index contributed by atoms with van der Waals surface area (Å²) in [6.07, 6.45) is 3.43. The summed E-state index contributed by atoms with van der Waals surface area (Å²) >= 11 is 3.42. The third-order valence-corrected chi connectivity index (χ3v) is 4.64. The molecule has 0 aliphatic carbocycles. The molecule has 6 nitrogen and oxygen atoms in total. The molecular weight excluding hydrogens is 464 g/mol. The highest BCUT2D eigenvalue weighted by atomic mass is 79.9. The molecule has 0 spiro atoms. The van der Waals surface area contributed by atoms with Crippen LogP contribution < -0.4 is 14.2 Å². The van der Waals surface area contributed by atoms with Gasteiger partial charge in [0, 0.05) is 36.0 Å². The van der Waals surface area contributed by atoms with Gasteiger partial charge in [-0.3, -0.25) is 14.4 Å². The number of carbonyl (C=O) groups is 3. The number of hydrogen-bond donors (Lipinski definition) is 0. The van der Waals surface area contributed by atoms with Crippen LogP contribution in [0.5, 0.6) is 17.2 Å². The quantitative estimate of drug-likeness (QED) is 0.269. The minimum Gasteiger partial charge on any atom is -0.425 e. The molecular formula is C24H19BrO6. The van der Waals surface area contributed by atoms with E-state index in [-0.39, 0.29) is 22.8 Å². The predicted octanol–water partition coefficient (Wildman–Crippen LogP) is 5.55. The van der Waals surface area contributed by atoms with E-state index >= 15 is 0 Å². The van der Waals surface area contributed by atoms with E-state index in [4.69, 9.17) is 14.2 Å². The summed E-state index contributed by atoms with van der Waals surface area (Å²) in [5, 5.41) is 0.951. The number of hydrogen-bond acceptors (Lipinski definition) is 6. The third kappa shape index (κ3) is 5.38. The van der Waals surface area contributed by atoms with E-state index in [1.165, 1.54) is 20.8 Å². The summed E-state index contributed by atoms with van der Waals surface area (Å²) < 4.78 is 17.2. The number of rotatable bonds is 5. The Labute approximate surface area is 187 Å². The fraction of sp³-hybridized carbons (Fsp3) is 0.125. The zero-order valence-corrected chi connectivity index (χ0v) is 18.7. The molecule has 0 aromatic heterocycles. The van der Waals surface area contributed by atoms with E-state index in [0.717, 1.165) is 10.0 Å². The van der Waals surface area contributed by atoms with Crippen LogP contribution in [0.4, 0.5) is 0 Å². The first-order valence-electron chi connectivity index (χ1n) is 9.34. The van der Waals surface area contributed by atoms with Gasteiger partial charge in [-0.2, -0.15) is 0 Å². The molecule has 0 fully saturated rings. The van der Waals surface area contributed by atoms with Crippen molar-refractivity contribution in [2.75, 3.05) is 0 Å². The second kappa shape index (κ2) is 9.57. The van der Waals surface area contributed by atoms with Crippen LogP contribution in [-0.4, -0.2) is 17.9 Å². The molecule has 0 unspecified atom stereocenters. The Bertz CT molecular complexity index is 1200. The second-order valence-electron chi connectivity index (χ2n) is 6.62. The maximum atomic E-state index is 11.9. The van der Waals surface area contributed by atoms with E-state index in [2.05, 4.69) is 15.9 Å². The second-order valence-corrected chi connectivity index (χ2v) is 7.53. The smallest absolute Gasteiger partial charge is 0.308 e. The molecule has 0 aliphatic heterocycles. The molecule has 0 N–H and O–H groups in total. The lowest BCUT2D eigenvalue weighted by atomic mass is 10.0. The van der Waals surface area contributed by atoms with Crippen molar-refractivity contribution in [2.45, 2.75) is 20.8 Å². The molecule has 0 heterocycles. The number of ether oxygens (including phenoxy) is 3. The summed E-state index contributed by atoms with van der Waals surface area (Å²) in [5.74, 6) is -1.52. The van der Waals surface area contributed by atoms with Crippen LogP contribution >= 0.6 is 15.9 Å². The Balaban J connectivity index is 2.42. The number of fused-ring (bicyclic) bond motifs is 1. The number of carbonyl (C=O) groups excluding carboxylic acids is 3. The molecule has 3 aromatic rings. The SMILES string of the molecule is CC(=O)Oc1c(C=Cc2ccccc2)c(OC(C)=O)c2cc(Br)ccc2c1OC(C)=O. The van der Waals surface area contributed by atoms with Gasteiger partial charge in [0.25, 0.3) is 0 Å². The van der Waals surface area contributed by atoms with Crippen molar-refractivity contribution < 1.29 is 28.6 Å². The largest absolute Gasteiger partial charge is 0.425 e. The fourth-order valence-corrected chi connectivity index (χ4v) is 3.40. The van der Waals surface area contributed by atoms with Crippen molar-refractivity contribution in [2.24, 2.45) is 0 Å². The molecule has 3 rings (SSSR count). The van der Waals surface area contributed by atoms with E-state index < -0.39 is 17.9 Å². The van der Waals surface area contributed by atoms with Crippen molar-refractivity contribution in [1.29, 1.82) is 0 Å². The van der Waals surface area contributed by atoms with Crippen molar-refractivity contribution in [1.82, 2.24) is 0 Å². The average Bonchev–Trinajstić information content (AvgIpc) is 2.70. The fourth-order valence-electron chi connectivity index (χ4n) is 3.03. The molecule has 3 aromatic carbocycles. The van der Waals surface area contributed by atoms with Gasteiger partial charge in [0.15, 0.2) is 11.5 Å². The first kappa shape index (κ1) is 22.2. The van der Waals surface area contributed by atoms with Crippen LogP contribution in [-0.2, 0) is 14.4 Å². The highest BCUT2D eigenvalue weighted by Gasteiger charge is 2.25. The molecule has 0 amide bonds. The molecule has 158 valence electrons. The molecule has 0 saturated heterocycles. The first-order chi connectivity index (χ1) is 14.8. The summed E-state index contributed by atoms with van der Waals surface area (Å²) in [6, 6.07) is 14.6. The summed E-state index contributed by atoms with van der Waals surface area (Å²) in [6.45, 7) is 3.77. The van der Waals surface area contributed by atoms with Crippen LogP contribution in [0, 0.1) is 0 Å². The Morgan fingerprint density at radius 3 is 1.90 bits per heavy atom. The average molecular weight is 483 g/mol. The zero-order valence-electron chi connectivity index (χ0n) is 17.1. The molecule has 0 bridgehead atoms. The Morgan fingerprint density at radius 1 is 0.710 bits per heavy atom. The Morgan fingerprint density at radius 2 is 1.29 bits per heavy atom. The highest BCUT2D eigenvalue weighted by molar-refractivity contribution is 9.10. The van der Waals surface area contributed by atoms with Crippen LogP contribution in [0.2, 0.25) is 0 Å². The van der Waals surface area contributed by atoms with Crippen molar-refractivity contribution in [3.05, 3.63) is 64.1 Å². The predicted molar refractivity (Wildman–Crippen MR) is 121 cm³/mol. The summed E-state index contributed by atoms with van der Waals surface area (Å²) in [4.78, 5) is 35.7. The van der Waals surface area contributed by atoms with Crippen molar-refractivity contribution in [3.8, 4) is 17.2 Å². The molecule has 31 heavy (non-hydrogen) atoms. The van der Waals surface area contributed by atoms with E-state index in [1.54, 1.807) is 30.4 Å². The van der Waals surface area contributed by atoms with Crippen LogP contribution in [0.3, 0.4) is 0 Å². The standard InChI is InChI=1S/C24H19BrO6/c1-14(26)29-22-20(11-9-17-7-5-4-6-8-17)24(31-16(3)28)23(30-15(2)27)19-12-10-18(25)13-21(19)22/h4-13H,1-3H3. The van der Waals surface area contributed by atoms with Crippen LogP contribution in [0.15, 0.2) is 53.0 Å². The molecule has 0 aliphatic rings. The Hall–Kier alpha value is -3.45. The summed E-state index contributed by atoms with van der Waals surface area (Å²) in [7, 11) is 0. The van der Waals surface area contributed by atoms with Gasteiger partial charge < -0.3 is 14.2 Å². The van der Waals surface area contributed by atoms with E-state index in [9.17, 15) is 14.4 Å². The monoisotopic (exact) mass is 482 g/mol. The van der Waals surface area contributed by atoms with Gasteiger partial charge in [-0.15, -0.1) is 0 Å². The topological polar surface area (TPSA) is 78.9 Å². The number of esters is 3. The molecule has 0 radical (unpaired) electrons. The minimum absolute atomic E-state index is 0.0130. The number of benzene rings is 3. The minimum atomic E-state index is -0.618. The maximum absolute atomic E-state index is 11.9. The molecule has 7 heteroatoms. The van der Waals surface area contributed by atoms with Crippen molar-refractivity contribution in [3.63, 3.8) is 0 Å². The van der Waals surface area contributed by atoms with Gasteiger partial charge >= 0.3 is 17.9 Å². The lowest BCUT2D eigenvalue weighted by Gasteiger charge is -2.19. The van der Waals surface area contributed by atoms with Crippen molar-refractivity contribution >= 4 is 56.8 Å². The normalized spacial score (nSPS) is 10.8. The lowest BCUT2D eigenvalue weighted by molar-refractivity contribution is -0.134. The molecule has 0 saturated carbocycles. The van der Waals surface area contributed by atoms with Gasteiger partial charge in [0.1, 0.15) is 5.75 Å². The van der Waals surface area contributed by atoms with Gasteiger partial charge in [-0.1, -0.05) is 52.3 Å². The molecule has 0 atom stereocenters. The number of halogens is 1. The van der Waals surface area contributed by atoms with Gasteiger partial charge in [0.2, 0.25) is 0 Å². The summed E-state index contributed by atoms with van der Waals surface area (Å²) in [5.41, 5.74) is 1.16. The maximum Gasteiger partial charge on any atom is 0.308 e. The van der Waals surface area contributed by atoms with Crippen LogP contribution in [0.25, 0.3) is 22.9 Å². The zero-order chi connectivity index (χ0) is 22.5. The van der Waals surface area contributed by atoms with E-state index in [1.807, 2.05) is 30.3 Å². The van der Waals surface area contributed by atoms with Gasteiger partial charge in [-0.05, 0) is 29.8 Å². The highest BCUT2D eigenvalue weighted by Crippen LogP contribution is 2.48. The first-order valence-corrected chi connectivity index (χ1v) is 10.1. The lowest BCUT2D eigenvalue weighted by Crippen LogP contribution is -2.11. The Kier molecular flexibility index (Phi) is 6.87. The van der Waals surface area contributed by atoms with Crippen LogP contribution in [0.1, 0.15) is 31.9 Å². The third-order valence-electron chi connectivity index (χ3n) is 4.15.